The highest BCUT2D eigenvalue weighted by Crippen LogP contribution is 2.35. The number of aryl methyl sites for hydroxylation is 1. The van der Waals surface area contributed by atoms with Crippen LogP contribution in [0.25, 0.3) is 5.57 Å². The van der Waals surface area contributed by atoms with Crippen molar-refractivity contribution in [2.75, 3.05) is 10.2 Å². The number of hydrogen-bond donors (Lipinski definition) is 1. The van der Waals surface area contributed by atoms with Crippen LogP contribution >= 0.6 is 23.2 Å². The van der Waals surface area contributed by atoms with Crippen molar-refractivity contribution >= 4 is 52.0 Å². The third-order valence-electron chi connectivity index (χ3n) is 5.48. The van der Waals surface area contributed by atoms with Crippen LogP contribution < -0.4 is 10.2 Å². The van der Waals surface area contributed by atoms with Crippen molar-refractivity contribution in [1.29, 1.82) is 0 Å². The zero-order valence-corrected chi connectivity index (χ0v) is 19.5. The molecule has 1 aliphatic rings. The van der Waals surface area contributed by atoms with Gasteiger partial charge in [0.05, 0.1) is 11.3 Å². The second-order valence-electron chi connectivity index (χ2n) is 8.03. The topological polar surface area (TPSA) is 49.4 Å². The van der Waals surface area contributed by atoms with Crippen LogP contribution in [-0.2, 0) is 9.59 Å². The molecule has 3 aromatic carbocycles. The number of carbonyl (C=O) groups is 2. The van der Waals surface area contributed by atoms with Crippen molar-refractivity contribution in [1.82, 2.24) is 0 Å². The summed E-state index contributed by atoms with van der Waals surface area (Å²) in [6, 6.07) is 19.7. The molecular weight excluding hydrogens is 443 g/mol. The number of imide groups is 1. The molecule has 2 amide bonds. The minimum Gasteiger partial charge on any atom is -0.350 e. The number of benzene rings is 3. The van der Waals surface area contributed by atoms with Gasteiger partial charge in [0.1, 0.15) is 5.70 Å². The number of carbonyl (C=O) groups excluding carboxylic acids is 2. The van der Waals surface area contributed by atoms with E-state index in [0.717, 1.165) is 11.1 Å². The second kappa shape index (κ2) is 8.81. The summed E-state index contributed by atoms with van der Waals surface area (Å²) >= 11 is 12.1. The monoisotopic (exact) mass is 464 g/mol. The molecule has 3 aromatic rings. The quantitative estimate of drug-likeness (QED) is 0.421. The molecule has 0 bridgehead atoms. The third kappa shape index (κ3) is 4.16. The van der Waals surface area contributed by atoms with Gasteiger partial charge < -0.3 is 5.32 Å². The van der Waals surface area contributed by atoms with Crippen molar-refractivity contribution in [3.05, 3.63) is 99.2 Å². The molecule has 0 aliphatic carbocycles. The fourth-order valence-electron chi connectivity index (χ4n) is 3.67. The van der Waals surface area contributed by atoms with Gasteiger partial charge >= 0.3 is 0 Å². The number of halogens is 2. The maximum absolute atomic E-state index is 13.5. The Bertz CT molecular complexity index is 1230. The predicted octanol–water partition coefficient (Wildman–Crippen LogP) is 6.82. The highest BCUT2D eigenvalue weighted by Gasteiger charge is 2.40. The van der Waals surface area contributed by atoms with Gasteiger partial charge in [-0.05, 0) is 72.0 Å². The molecule has 1 N–H and O–H groups in total. The predicted molar refractivity (Wildman–Crippen MR) is 131 cm³/mol. The lowest BCUT2D eigenvalue weighted by Crippen LogP contribution is -2.32. The zero-order chi connectivity index (χ0) is 23.0. The molecule has 0 spiro atoms. The first kappa shape index (κ1) is 22.1. The van der Waals surface area contributed by atoms with Crippen molar-refractivity contribution in [3.8, 4) is 0 Å². The van der Waals surface area contributed by atoms with Crippen LogP contribution in [0, 0.1) is 6.92 Å². The molecular formula is C26H22Cl2N2O2. The second-order valence-corrected chi connectivity index (χ2v) is 8.91. The van der Waals surface area contributed by atoms with E-state index >= 15 is 0 Å². The molecule has 4 nitrogen and oxygen atoms in total. The molecule has 1 aliphatic heterocycles. The van der Waals surface area contributed by atoms with E-state index < -0.39 is 5.91 Å². The Kier molecular flexibility index (Phi) is 6.09. The van der Waals surface area contributed by atoms with Crippen LogP contribution in [0.4, 0.5) is 11.4 Å². The zero-order valence-electron chi connectivity index (χ0n) is 17.9. The van der Waals surface area contributed by atoms with Crippen LogP contribution in [0.15, 0.2) is 72.4 Å². The lowest BCUT2D eigenvalue weighted by Gasteiger charge is -2.17. The standard InChI is InChI=1S/C26H22Cl2N2O2/c1-15(2)17-6-11-21(12-7-17)30-25(31)23(18-4-8-19(27)9-5-18)24(26(30)32)29-22-13-10-20(28)14-16(22)3/h4-15,29H,1-3H3. The molecule has 0 saturated carbocycles. The molecule has 32 heavy (non-hydrogen) atoms. The van der Waals surface area contributed by atoms with Gasteiger partial charge in [-0.3, -0.25) is 9.59 Å². The minimum absolute atomic E-state index is 0.218. The summed E-state index contributed by atoms with van der Waals surface area (Å²) in [6.45, 7) is 6.08. The molecule has 0 radical (unpaired) electrons. The summed E-state index contributed by atoms with van der Waals surface area (Å²) in [7, 11) is 0. The summed E-state index contributed by atoms with van der Waals surface area (Å²) in [5, 5.41) is 4.33. The van der Waals surface area contributed by atoms with Gasteiger partial charge in [-0.25, -0.2) is 4.90 Å². The molecule has 0 fully saturated rings. The van der Waals surface area contributed by atoms with Crippen LogP contribution in [-0.4, -0.2) is 11.8 Å². The lowest BCUT2D eigenvalue weighted by atomic mass is 10.0. The Morgan fingerprint density at radius 2 is 1.44 bits per heavy atom. The Labute approximate surface area is 197 Å². The van der Waals surface area contributed by atoms with Crippen LogP contribution in [0.1, 0.15) is 36.5 Å². The average Bonchev–Trinajstić information content (AvgIpc) is 3.00. The Morgan fingerprint density at radius 3 is 2.03 bits per heavy atom. The SMILES string of the molecule is Cc1cc(Cl)ccc1NC1=C(c2ccc(Cl)cc2)C(=O)N(c2ccc(C(C)C)cc2)C1=O. The van der Waals surface area contributed by atoms with Gasteiger partial charge in [-0.2, -0.15) is 0 Å². The number of rotatable bonds is 5. The van der Waals surface area contributed by atoms with Gasteiger partial charge in [-0.15, -0.1) is 0 Å². The van der Waals surface area contributed by atoms with Gasteiger partial charge in [0.2, 0.25) is 0 Å². The van der Waals surface area contributed by atoms with E-state index in [4.69, 9.17) is 23.2 Å². The molecule has 0 atom stereocenters. The Hall–Kier alpha value is -3.08. The van der Waals surface area contributed by atoms with E-state index in [1.807, 2.05) is 19.1 Å². The van der Waals surface area contributed by atoms with Crippen molar-refractivity contribution < 1.29 is 9.59 Å². The maximum atomic E-state index is 13.5. The molecule has 1 heterocycles. The number of hydrogen-bond acceptors (Lipinski definition) is 3. The summed E-state index contributed by atoms with van der Waals surface area (Å²) in [5.41, 5.74) is 4.36. The highest BCUT2D eigenvalue weighted by molar-refractivity contribution is 6.46. The van der Waals surface area contributed by atoms with Crippen LogP contribution in [0.5, 0.6) is 0 Å². The van der Waals surface area contributed by atoms with Crippen molar-refractivity contribution in [3.63, 3.8) is 0 Å². The summed E-state index contributed by atoms with van der Waals surface area (Å²) < 4.78 is 0. The largest absolute Gasteiger partial charge is 0.350 e. The molecule has 6 heteroatoms. The lowest BCUT2D eigenvalue weighted by molar-refractivity contribution is -0.120. The molecule has 4 rings (SSSR count). The number of nitrogens with one attached hydrogen (secondary N) is 1. The first-order chi connectivity index (χ1) is 15.3. The average molecular weight is 465 g/mol. The first-order valence-electron chi connectivity index (χ1n) is 10.3. The van der Waals surface area contributed by atoms with E-state index in [9.17, 15) is 9.59 Å². The fraction of sp³-hybridized carbons (Fsp3) is 0.154. The van der Waals surface area contributed by atoms with E-state index in [2.05, 4.69) is 19.2 Å². The van der Waals surface area contributed by atoms with Gasteiger partial charge in [-0.1, -0.05) is 61.3 Å². The van der Waals surface area contributed by atoms with Gasteiger partial charge in [0.25, 0.3) is 11.8 Å². The van der Waals surface area contributed by atoms with Gasteiger partial charge in [0.15, 0.2) is 0 Å². The molecule has 0 aromatic heterocycles. The van der Waals surface area contributed by atoms with E-state index in [0.29, 0.717) is 38.5 Å². The summed E-state index contributed by atoms with van der Waals surface area (Å²) in [5.74, 6) is -0.447. The maximum Gasteiger partial charge on any atom is 0.282 e. The van der Waals surface area contributed by atoms with Crippen molar-refractivity contribution in [2.45, 2.75) is 26.7 Å². The van der Waals surface area contributed by atoms with Gasteiger partial charge in [0, 0.05) is 15.7 Å². The number of nitrogens with zero attached hydrogens (tertiary/aromatic N) is 1. The van der Waals surface area contributed by atoms with Crippen molar-refractivity contribution in [2.24, 2.45) is 0 Å². The van der Waals surface area contributed by atoms with Crippen LogP contribution in [0.3, 0.4) is 0 Å². The van der Waals surface area contributed by atoms with E-state index in [-0.39, 0.29) is 11.6 Å². The molecule has 162 valence electrons. The minimum atomic E-state index is -0.411. The number of amides is 2. The summed E-state index contributed by atoms with van der Waals surface area (Å²) in [6.07, 6.45) is 0. The van der Waals surface area contributed by atoms with E-state index in [1.54, 1.807) is 54.6 Å². The summed E-state index contributed by atoms with van der Waals surface area (Å²) in [4.78, 5) is 28.2. The molecule has 0 saturated heterocycles. The third-order valence-corrected chi connectivity index (χ3v) is 5.97. The fourth-order valence-corrected chi connectivity index (χ4v) is 4.03. The smallest absolute Gasteiger partial charge is 0.282 e. The number of anilines is 2. The first-order valence-corrected chi connectivity index (χ1v) is 11.0. The van der Waals surface area contributed by atoms with E-state index in [1.165, 1.54) is 4.90 Å². The molecule has 0 unspecified atom stereocenters. The van der Waals surface area contributed by atoms with Crippen LogP contribution in [0.2, 0.25) is 10.0 Å². The Balaban J connectivity index is 1.80. The normalized spacial score (nSPS) is 14.0. The highest BCUT2D eigenvalue weighted by atomic mass is 35.5. The Morgan fingerprint density at radius 1 is 0.812 bits per heavy atom.